The van der Waals surface area contributed by atoms with Crippen molar-refractivity contribution < 1.29 is 27.4 Å². The Bertz CT molecular complexity index is 863. The lowest BCUT2D eigenvalue weighted by Crippen LogP contribution is -2.52. The van der Waals surface area contributed by atoms with Gasteiger partial charge in [0.15, 0.2) is 0 Å². The SMILES string of the molecule is COC1COCC[C@@H]1N[C@@H]1CC[C@@](C(=O)N2CCc3ncc(C(F)(F)F)cc3C2)(C(C)C)C1. The van der Waals surface area contributed by atoms with Crippen LogP contribution in [0.4, 0.5) is 13.2 Å². The molecule has 2 fully saturated rings. The number of hydrogen-bond donors (Lipinski definition) is 1. The molecule has 184 valence electrons. The summed E-state index contributed by atoms with van der Waals surface area (Å²) < 4.78 is 50.6. The van der Waals surface area contributed by atoms with E-state index in [1.165, 1.54) is 0 Å². The summed E-state index contributed by atoms with van der Waals surface area (Å²) >= 11 is 0. The van der Waals surface area contributed by atoms with Crippen LogP contribution in [0.5, 0.6) is 0 Å². The molecule has 1 amide bonds. The minimum atomic E-state index is -4.44. The zero-order valence-corrected chi connectivity index (χ0v) is 19.6. The van der Waals surface area contributed by atoms with Crippen molar-refractivity contribution in [3.05, 3.63) is 29.1 Å². The summed E-state index contributed by atoms with van der Waals surface area (Å²) in [4.78, 5) is 19.6. The summed E-state index contributed by atoms with van der Waals surface area (Å²) in [6.07, 6.45) is 0.180. The van der Waals surface area contributed by atoms with Gasteiger partial charge in [-0.3, -0.25) is 9.78 Å². The second kappa shape index (κ2) is 9.50. The third-order valence-electron chi connectivity index (χ3n) is 7.79. The first-order valence-electron chi connectivity index (χ1n) is 11.8. The van der Waals surface area contributed by atoms with Crippen LogP contribution in [0.15, 0.2) is 12.3 Å². The van der Waals surface area contributed by atoms with Gasteiger partial charge in [0.2, 0.25) is 5.91 Å². The van der Waals surface area contributed by atoms with Crippen LogP contribution >= 0.6 is 0 Å². The van der Waals surface area contributed by atoms with E-state index in [1.54, 1.807) is 12.0 Å². The van der Waals surface area contributed by atoms with Gasteiger partial charge in [0.05, 0.1) is 23.7 Å². The first-order chi connectivity index (χ1) is 15.6. The fraction of sp³-hybridized carbons (Fsp3) is 0.750. The van der Waals surface area contributed by atoms with Crippen molar-refractivity contribution >= 4 is 5.91 Å². The number of nitrogens with zero attached hydrogens (tertiary/aromatic N) is 2. The number of pyridine rings is 1. The van der Waals surface area contributed by atoms with Gasteiger partial charge in [0.25, 0.3) is 0 Å². The van der Waals surface area contributed by atoms with E-state index in [0.29, 0.717) is 37.4 Å². The fourth-order valence-corrected chi connectivity index (χ4v) is 5.69. The highest BCUT2D eigenvalue weighted by molar-refractivity contribution is 5.83. The number of fused-ring (bicyclic) bond motifs is 1. The molecule has 4 rings (SSSR count). The van der Waals surface area contributed by atoms with Crippen molar-refractivity contribution in [2.75, 3.05) is 26.9 Å². The number of rotatable bonds is 5. The Morgan fingerprint density at radius 1 is 1.36 bits per heavy atom. The summed E-state index contributed by atoms with van der Waals surface area (Å²) in [5.41, 5.74) is -0.121. The second-order valence-electron chi connectivity index (χ2n) is 9.97. The highest BCUT2D eigenvalue weighted by atomic mass is 19.4. The van der Waals surface area contributed by atoms with Crippen LogP contribution in [0.1, 0.15) is 56.4 Å². The molecule has 0 spiro atoms. The van der Waals surface area contributed by atoms with Crippen LogP contribution in [0.2, 0.25) is 0 Å². The minimum absolute atomic E-state index is 0.00238. The molecule has 1 saturated heterocycles. The van der Waals surface area contributed by atoms with E-state index < -0.39 is 17.2 Å². The lowest BCUT2D eigenvalue weighted by molar-refractivity contribution is -0.146. The average molecular weight is 470 g/mol. The Kier molecular flexibility index (Phi) is 7.03. The normalized spacial score (nSPS) is 30.5. The van der Waals surface area contributed by atoms with E-state index in [2.05, 4.69) is 24.1 Å². The average Bonchev–Trinajstić information content (AvgIpc) is 3.23. The summed E-state index contributed by atoms with van der Waals surface area (Å²) in [5, 5.41) is 3.72. The first kappa shape index (κ1) is 24.4. The molecular weight excluding hydrogens is 435 g/mol. The molecular formula is C24H34F3N3O3. The van der Waals surface area contributed by atoms with E-state index in [-0.39, 0.29) is 36.6 Å². The molecule has 0 bridgehead atoms. The Labute approximate surface area is 193 Å². The van der Waals surface area contributed by atoms with Gasteiger partial charge >= 0.3 is 6.18 Å². The summed E-state index contributed by atoms with van der Waals surface area (Å²) in [6.45, 7) is 6.09. The van der Waals surface area contributed by atoms with Crippen molar-refractivity contribution in [1.82, 2.24) is 15.2 Å². The van der Waals surface area contributed by atoms with Crippen LogP contribution in [0.3, 0.4) is 0 Å². The lowest BCUT2D eigenvalue weighted by atomic mass is 9.74. The van der Waals surface area contributed by atoms with Crippen molar-refractivity contribution in [3.63, 3.8) is 0 Å². The molecule has 1 N–H and O–H groups in total. The summed E-state index contributed by atoms with van der Waals surface area (Å²) in [5.74, 6) is 0.186. The van der Waals surface area contributed by atoms with Crippen LogP contribution < -0.4 is 5.32 Å². The molecule has 2 aliphatic heterocycles. The molecule has 3 heterocycles. The van der Waals surface area contributed by atoms with E-state index in [9.17, 15) is 18.0 Å². The maximum absolute atomic E-state index is 13.8. The van der Waals surface area contributed by atoms with Gasteiger partial charge in [0, 0.05) is 57.2 Å². The number of halogens is 3. The van der Waals surface area contributed by atoms with Gasteiger partial charge in [0.1, 0.15) is 0 Å². The number of aromatic nitrogens is 1. The van der Waals surface area contributed by atoms with Crippen molar-refractivity contribution in [2.45, 2.75) is 76.9 Å². The van der Waals surface area contributed by atoms with E-state index in [4.69, 9.17) is 9.47 Å². The smallest absolute Gasteiger partial charge is 0.379 e. The Hall–Kier alpha value is -1.71. The fourth-order valence-electron chi connectivity index (χ4n) is 5.69. The van der Waals surface area contributed by atoms with Crippen LogP contribution in [0.25, 0.3) is 0 Å². The number of hydrogen-bond acceptors (Lipinski definition) is 5. The van der Waals surface area contributed by atoms with Crippen molar-refractivity contribution in [3.8, 4) is 0 Å². The number of amides is 1. The molecule has 0 aromatic carbocycles. The molecule has 9 heteroatoms. The molecule has 1 saturated carbocycles. The van der Waals surface area contributed by atoms with Gasteiger partial charge in [-0.2, -0.15) is 13.2 Å². The molecule has 33 heavy (non-hydrogen) atoms. The number of methoxy groups -OCH3 is 1. The predicted octanol–water partition coefficient (Wildman–Crippen LogP) is 3.57. The molecule has 1 aromatic heterocycles. The number of carbonyl (C=O) groups excluding carboxylic acids is 1. The zero-order chi connectivity index (χ0) is 23.8. The van der Waals surface area contributed by atoms with Gasteiger partial charge in [-0.05, 0) is 43.2 Å². The number of nitrogens with one attached hydrogen (secondary N) is 1. The number of alkyl halides is 3. The van der Waals surface area contributed by atoms with Crippen LogP contribution in [-0.2, 0) is 33.4 Å². The molecule has 3 aliphatic rings. The highest BCUT2D eigenvalue weighted by Gasteiger charge is 2.50. The third-order valence-corrected chi connectivity index (χ3v) is 7.79. The maximum Gasteiger partial charge on any atom is 0.417 e. The Morgan fingerprint density at radius 2 is 2.15 bits per heavy atom. The van der Waals surface area contributed by atoms with Crippen LogP contribution in [-0.4, -0.2) is 60.8 Å². The Morgan fingerprint density at radius 3 is 2.85 bits per heavy atom. The molecule has 4 atom stereocenters. The van der Waals surface area contributed by atoms with Crippen molar-refractivity contribution in [1.29, 1.82) is 0 Å². The standard InChI is InChI=1S/C24H34F3N3O3/c1-15(2)23(7-4-18(11-23)29-20-6-9-33-14-21(20)32-3)22(31)30-8-5-19-16(13-30)10-17(12-28-19)24(25,26)27/h10,12,15,18,20-21,29H,4-9,11,13-14H2,1-3H3/t18-,20+,21?,23+/m1/s1. The monoisotopic (exact) mass is 469 g/mol. The van der Waals surface area contributed by atoms with Crippen molar-refractivity contribution in [2.24, 2.45) is 11.3 Å². The molecule has 1 aromatic rings. The Balaban J connectivity index is 1.48. The largest absolute Gasteiger partial charge is 0.417 e. The van der Waals surface area contributed by atoms with E-state index in [0.717, 1.165) is 37.9 Å². The van der Waals surface area contributed by atoms with Gasteiger partial charge < -0.3 is 19.7 Å². The molecule has 1 unspecified atom stereocenters. The van der Waals surface area contributed by atoms with Gasteiger partial charge in [-0.25, -0.2) is 0 Å². The summed E-state index contributed by atoms with van der Waals surface area (Å²) in [7, 11) is 1.69. The predicted molar refractivity (Wildman–Crippen MR) is 116 cm³/mol. The third kappa shape index (κ3) is 4.91. The van der Waals surface area contributed by atoms with Gasteiger partial charge in [-0.15, -0.1) is 0 Å². The lowest BCUT2D eigenvalue weighted by Gasteiger charge is -2.40. The number of carbonyl (C=O) groups is 1. The molecule has 6 nitrogen and oxygen atoms in total. The molecule has 1 aliphatic carbocycles. The number of ether oxygens (including phenoxy) is 2. The quantitative estimate of drug-likeness (QED) is 0.714. The summed E-state index contributed by atoms with van der Waals surface area (Å²) in [6, 6.07) is 1.55. The molecule has 0 radical (unpaired) electrons. The maximum atomic E-state index is 13.8. The second-order valence-corrected chi connectivity index (χ2v) is 9.97. The zero-order valence-electron chi connectivity index (χ0n) is 19.6. The van der Waals surface area contributed by atoms with E-state index >= 15 is 0 Å². The highest BCUT2D eigenvalue weighted by Crippen LogP contribution is 2.47. The van der Waals surface area contributed by atoms with Gasteiger partial charge in [-0.1, -0.05) is 13.8 Å². The topological polar surface area (TPSA) is 63.7 Å². The first-order valence-corrected chi connectivity index (χ1v) is 11.8. The van der Waals surface area contributed by atoms with E-state index in [1.807, 2.05) is 0 Å². The van der Waals surface area contributed by atoms with Crippen LogP contribution in [0, 0.1) is 11.3 Å². The minimum Gasteiger partial charge on any atom is -0.379 e.